The minimum atomic E-state index is 0.757. The summed E-state index contributed by atoms with van der Waals surface area (Å²) in [5, 5.41) is 5.73. The molecule has 0 saturated heterocycles. The number of nitrogens with zero attached hydrogens (tertiary/aromatic N) is 1. The molecule has 1 aromatic heterocycles. The highest BCUT2D eigenvalue weighted by Gasteiger charge is 2.13. The van der Waals surface area contributed by atoms with Crippen molar-refractivity contribution in [2.45, 2.75) is 0 Å². The first kappa shape index (κ1) is 21.0. The zero-order chi connectivity index (χ0) is 24.1. The lowest BCUT2D eigenvalue weighted by atomic mass is 9.97. The zero-order valence-electron chi connectivity index (χ0n) is 19.5. The van der Waals surface area contributed by atoms with Crippen LogP contribution in [0.5, 0.6) is 0 Å². The van der Waals surface area contributed by atoms with Crippen molar-refractivity contribution >= 4 is 44.2 Å². The number of halogens is 1. The Kier molecular flexibility index (Phi) is 4.90. The van der Waals surface area contributed by atoms with Crippen LogP contribution in [-0.2, 0) is 0 Å². The molecular weight excluding hydrogens is 458 g/mol. The molecule has 0 saturated carbocycles. The summed E-state index contributed by atoms with van der Waals surface area (Å²) in [5.74, 6) is 0. The van der Waals surface area contributed by atoms with Gasteiger partial charge in [-0.05, 0) is 69.9 Å². The number of para-hydroxylation sites is 2. The van der Waals surface area contributed by atoms with Crippen LogP contribution < -0.4 is 0 Å². The van der Waals surface area contributed by atoms with Crippen LogP contribution in [0.2, 0.25) is 5.02 Å². The van der Waals surface area contributed by atoms with E-state index in [9.17, 15) is 0 Å². The fraction of sp³-hybridized carbons (Fsp3) is 0. The molecule has 1 nitrogen and oxygen atoms in total. The second kappa shape index (κ2) is 8.41. The van der Waals surface area contributed by atoms with Crippen LogP contribution >= 0.6 is 11.6 Å². The SMILES string of the molecule is Clc1ccc(-c2cccc(-n3c4ccccc4c4ccccc43)c2)cc1-c1ccc2ccccc2c1. The number of aromatic nitrogens is 1. The van der Waals surface area contributed by atoms with Crippen molar-refractivity contribution in [3.63, 3.8) is 0 Å². The monoisotopic (exact) mass is 479 g/mol. The van der Waals surface area contributed by atoms with Crippen molar-refractivity contribution in [3.05, 3.63) is 138 Å². The smallest absolute Gasteiger partial charge is 0.0541 e. The Morgan fingerprint density at radius 2 is 1.08 bits per heavy atom. The maximum absolute atomic E-state index is 6.71. The third kappa shape index (κ3) is 3.40. The lowest BCUT2D eigenvalue weighted by Crippen LogP contribution is -1.94. The summed E-state index contributed by atoms with van der Waals surface area (Å²) >= 11 is 6.71. The molecule has 6 aromatic carbocycles. The molecule has 7 rings (SSSR count). The molecule has 0 aliphatic rings. The molecule has 170 valence electrons. The van der Waals surface area contributed by atoms with E-state index in [2.05, 4.69) is 132 Å². The van der Waals surface area contributed by atoms with Crippen LogP contribution in [0.1, 0.15) is 0 Å². The molecule has 0 aliphatic carbocycles. The van der Waals surface area contributed by atoms with E-state index < -0.39 is 0 Å². The quantitative estimate of drug-likeness (QED) is 0.237. The fourth-order valence-electron chi connectivity index (χ4n) is 5.31. The van der Waals surface area contributed by atoms with E-state index in [4.69, 9.17) is 11.6 Å². The van der Waals surface area contributed by atoms with Crippen LogP contribution in [-0.4, -0.2) is 4.57 Å². The summed E-state index contributed by atoms with van der Waals surface area (Å²) in [6.45, 7) is 0. The van der Waals surface area contributed by atoms with Gasteiger partial charge in [-0.2, -0.15) is 0 Å². The zero-order valence-corrected chi connectivity index (χ0v) is 20.3. The Morgan fingerprint density at radius 1 is 0.444 bits per heavy atom. The standard InChI is InChI=1S/C34H22ClN/c35-32-19-18-26(22-31(32)27-17-16-23-8-1-2-9-24(23)20-27)25-10-7-11-28(21-25)36-33-14-5-3-12-29(33)30-13-4-6-15-34(30)36/h1-22H. The van der Waals surface area contributed by atoms with Crippen LogP contribution in [0.4, 0.5) is 0 Å². The molecule has 0 atom stereocenters. The number of rotatable bonds is 3. The molecule has 0 bridgehead atoms. The molecule has 0 radical (unpaired) electrons. The molecule has 0 aliphatic heterocycles. The van der Waals surface area contributed by atoms with E-state index in [1.54, 1.807) is 0 Å². The lowest BCUT2D eigenvalue weighted by Gasteiger charge is -2.12. The maximum Gasteiger partial charge on any atom is 0.0541 e. The summed E-state index contributed by atoms with van der Waals surface area (Å²) in [6, 6.07) is 47.3. The minimum Gasteiger partial charge on any atom is -0.309 e. The molecular formula is C34H22ClN. The summed E-state index contributed by atoms with van der Waals surface area (Å²) in [5.41, 5.74) is 8.04. The molecule has 0 fully saturated rings. The first-order chi connectivity index (χ1) is 17.8. The lowest BCUT2D eigenvalue weighted by molar-refractivity contribution is 1.18. The average Bonchev–Trinajstić information content (AvgIpc) is 3.28. The van der Waals surface area contributed by atoms with Gasteiger partial charge in [-0.15, -0.1) is 0 Å². The van der Waals surface area contributed by atoms with Crippen molar-refractivity contribution < 1.29 is 0 Å². The predicted molar refractivity (Wildman–Crippen MR) is 154 cm³/mol. The van der Waals surface area contributed by atoms with Crippen molar-refractivity contribution in [2.75, 3.05) is 0 Å². The molecule has 1 heterocycles. The van der Waals surface area contributed by atoms with E-state index in [1.165, 1.54) is 32.6 Å². The highest BCUT2D eigenvalue weighted by molar-refractivity contribution is 6.33. The van der Waals surface area contributed by atoms with Crippen LogP contribution in [0.3, 0.4) is 0 Å². The van der Waals surface area contributed by atoms with Gasteiger partial charge in [0, 0.05) is 27.0 Å². The van der Waals surface area contributed by atoms with Gasteiger partial charge >= 0.3 is 0 Å². The maximum atomic E-state index is 6.71. The van der Waals surface area contributed by atoms with Gasteiger partial charge in [-0.25, -0.2) is 0 Å². The van der Waals surface area contributed by atoms with Gasteiger partial charge in [0.25, 0.3) is 0 Å². The Bertz CT molecular complexity index is 1860. The van der Waals surface area contributed by atoms with E-state index in [0.29, 0.717) is 0 Å². The molecule has 0 spiro atoms. The predicted octanol–water partition coefficient (Wildman–Crippen LogP) is 9.92. The van der Waals surface area contributed by atoms with Gasteiger partial charge in [0.1, 0.15) is 0 Å². The van der Waals surface area contributed by atoms with Crippen LogP contribution in [0.25, 0.3) is 60.5 Å². The Labute approximate surface area is 214 Å². The Morgan fingerprint density at radius 3 is 1.86 bits per heavy atom. The van der Waals surface area contributed by atoms with Gasteiger partial charge in [0.15, 0.2) is 0 Å². The van der Waals surface area contributed by atoms with Gasteiger partial charge in [-0.1, -0.05) is 103 Å². The highest BCUT2D eigenvalue weighted by atomic mass is 35.5. The Balaban J connectivity index is 1.38. The number of benzene rings is 6. The third-order valence-electron chi connectivity index (χ3n) is 7.04. The van der Waals surface area contributed by atoms with E-state index in [1.807, 2.05) is 6.07 Å². The molecule has 7 aromatic rings. The van der Waals surface area contributed by atoms with E-state index >= 15 is 0 Å². The summed E-state index contributed by atoms with van der Waals surface area (Å²) < 4.78 is 2.36. The molecule has 0 unspecified atom stereocenters. The van der Waals surface area contributed by atoms with Crippen molar-refractivity contribution in [1.82, 2.24) is 4.57 Å². The molecule has 2 heteroatoms. The van der Waals surface area contributed by atoms with Crippen LogP contribution in [0, 0.1) is 0 Å². The number of fused-ring (bicyclic) bond motifs is 4. The van der Waals surface area contributed by atoms with Crippen molar-refractivity contribution in [1.29, 1.82) is 0 Å². The first-order valence-corrected chi connectivity index (χ1v) is 12.5. The van der Waals surface area contributed by atoms with Crippen LogP contribution in [0.15, 0.2) is 133 Å². The summed E-state index contributed by atoms with van der Waals surface area (Å²) in [4.78, 5) is 0. The second-order valence-electron chi connectivity index (χ2n) is 9.18. The summed E-state index contributed by atoms with van der Waals surface area (Å²) in [6.07, 6.45) is 0. The fourth-order valence-corrected chi connectivity index (χ4v) is 5.53. The summed E-state index contributed by atoms with van der Waals surface area (Å²) in [7, 11) is 0. The Hall–Kier alpha value is -4.33. The molecule has 36 heavy (non-hydrogen) atoms. The molecule has 0 N–H and O–H groups in total. The van der Waals surface area contributed by atoms with Gasteiger partial charge in [-0.3, -0.25) is 0 Å². The third-order valence-corrected chi connectivity index (χ3v) is 7.37. The number of hydrogen-bond donors (Lipinski definition) is 0. The first-order valence-electron chi connectivity index (χ1n) is 12.1. The molecule has 0 amide bonds. The topological polar surface area (TPSA) is 4.93 Å². The number of hydrogen-bond acceptors (Lipinski definition) is 0. The normalized spacial score (nSPS) is 11.5. The van der Waals surface area contributed by atoms with E-state index in [0.717, 1.165) is 33.0 Å². The van der Waals surface area contributed by atoms with Crippen molar-refractivity contribution in [3.8, 4) is 27.9 Å². The average molecular weight is 480 g/mol. The van der Waals surface area contributed by atoms with Crippen molar-refractivity contribution in [2.24, 2.45) is 0 Å². The second-order valence-corrected chi connectivity index (χ2v) is 9.58. The van der Waals surface area contributed by atoms with Gasteiger partial charge in [0.05, 0.1) is 11.0 Å². The van der Waals surface area contributed by atoms with Gasteiger partial charge < -0.3 is 4.57 Å². The largest absolute Gasteiger partial charge is 0.309 e. The minimum absolute atomic E-state index is 0.757. The highest BCUT2D eigenvalue weighted by Crippen LogP contribution is 2.36. The van der Waals surface area contributed by atoms with E-state index in [-0.39, 0.29) is 0 Å². The van der Waals surface area contributed by atoms with Gasteiger partial charge in [0.2, 0.25) is 0 Å².